The Bertz CT molecular complexity index is 1880. The van der Waals surface area contributed by atoms with Gasteiger partial charge in [-0.3, -0.25) is 33.7 Å². The third-order valence-corrected chi connectivity index (χ3v) is 9.87. The quantitative estimate of drug-likeness (QED) is 0.0556. The first kappa shape index (κ1) is 42.1. The molecule has 17 heteroatoms. The molecular formula is C38H44N2O15. The van der Waals surface area contributed by atoms with Crippen LogP contribution in [-0.2, 0) is 38.2 Å². The van der Waals surface area contributed by atoms with Crippen LogP contribution >= 0.6 is 0 Å². The summed E-state index contributed by atoms with van der Waals surface area (Å²) >= 11 is 0. The van der Waals surface area contributed by atoms with Crippen LogP contribution in [0, 0.1) is 11.8 Å². The van der Waals surface area contributed by atoms with Crippen LogP contribution in [0.4, 0.5) is 0 Å². The van der Waals surface area contributed by atoms with Crippen molar-refractivity contribution in [2.24, 2.45) is 17.6 Å². The van der Waals surface area contributed by atoms with Crippen molar-refractivity contribution >= 4 is 41.5 Å². The number of Topliss-reactive ketones (excluding diaryl/α,β-unsaturated/α-hetero) is 2. The van der Waals surface area contributed by atoms with Crippen molar-refractivity contribution in [3.8, 4) is 5.75 Å². The third kappa shape index (κ3) is 7.82. The van der Waals surface area contributed by atoms with Crippen LogP contribution in [0.25, 0.3) is 6.08 Å². The molecule has 0 aromatic heterocycles. The fraction of sp³-hybridized carbons (Fsp3) is 0.421. The number of aliphatic hydroxyl groups excluding tert-OH is 3. The number of fused-ring (bicyclic) bond motifs is 3. The molecule has 17 nitrogen and oxygen atoms in total. The van der Waals surface area contributed by atoms with E-state index >= 15 is 0 Å². The summed E-state index contributed by atoms with van der Waals surface area (Å²) in [7, 11) is 2.87. The van der Waals surface area contributed by atoms with E-state index in [4.69, 9.17) is 19.9 Å². The first-order chi connectivity index (χ1) is 25.8. The monoisotopic (exact) mass is 768 g/mol. The van der Waals surface area contributed by atoms with Crippen LogP contribution in [0.2, 0.25) is 0 Å². The molecule has 0 saturated carbocycles. The zero-order valence-electron chi connectivity index (χ0n) is 30.4. The number of hydrogen-bond donors (Lipinski definition) is 7. The minimum absolute atomic E-state index is 0.0173. The van der Waals surface area contributed by atoms with E-state index in [2.05, 4.69) is 13.2 Å². The molecular weight excluding hydrogens is 724 g/mol. The maximum absolute atomic E-state index is 14.1. The number of ketones is 2. The van der Waals surface area contributed by atoms with Crippen molar-refractivity contribution in [3.63, 3.8) is 0 Å². The summed E-state index contributed by atoms with van der Waals surface area (Å²) in [6.07, 6.45) is 2.56. The van der Waals surface area contributed by atoms with E-state index in [-0.39, 0.29) is 29.5 Å². The number of aromatic hydroxyl groups is 1. The van der Waals surface area contributed by atoms with E-state index in [1.807, 2.05) is 0 Å². The van der Waals surface area contributed by atoms with Crippen molar-refractivity contribution in [1.82, 2.24) is 4.90 Å². The van der Waals surface area contributed by atoms with E-state index in [1.165, 1.54) is 55.4 Å². The maximum atomic E-state index is 14.1. The maximum Gasteiger partial charge on any atom is 0.309 e. The fourth-order valence-electron chi connectivity index (χ4n) is 7.24. The highest BCUT2D eigenvalue weighted by atomic mass is 16.6. The predicted octanol–water partition coefficient (Wildman–Crippen LogP) is 0.569. The zero-order chi connectivity index (χ0) is 41.2. The number of carbonyl (C=O) groups is 6. The lowest BCUT2D eigenvalue weighted by Gasteiger charge is -2.53. The molecule has 0 bridgehead atoms. The molecule has 4 rings (SSSR count). The molecule has 0 heterocycles. The second-order valence-corrected chi connectivity index (χ2v) is 13.8. The van der Waals surface area contributed by atoms with Gasteiger partial charge in [0.15, 0.2) is 17.0 Å². The molecule has 1 amide bonds. The van der Waals surface area contributed by atoms with Gasteiger partial charge in [0.25, 0.3) is 5.91 Å². The van der Waals surface area contributed by atoms with Gasteiger partial charge in [-0.1, -0.05) is 43.4 Å². The number of phenols is 1. The Morgan fingerprint density at radius 3 is 1.96 bits per heavy atom. The number of amides is 1. The van der Waals surface area contributed by atoms with E-state index in [0.717, 1.165) is 0 Å². The van der Waals surface area contributed by atoms with Gasteiger partial charge in [-0.05, 0) is 25.6 Å². The number of phenolic OH excluding ortho intramolecular Hbond substituents is 1. The van der Waals surface area contributed by atoms with Gasteiger partial charge in [-0.2, -0.15) is 0 Å². The van der Waals surface area contributed by atoms with Gasteiger partial charge in [0.2, 0.25) is 5.78 Å². The number of benzene rings is 1. The highest BCUT2D eigenvalue weighted by Crippen LogP contribution is 2.55. The first-order valence-electron chi connectivity index (χ1n) is 17.0. The Balaban J connectivity index is 1.60. The van der Waals surface area contributed by atoms with Crippen LogP contribution in [0.5, 0.6) is 5.75 Å². The predicted molar refractivity (Wildman–Crippen MR) is 191 cm³/mol. The Hall–Kier alpha value is -5.62. The normalized spacial score (nSPS) is 24.9. The lowest BCUT2D eigenvalue weighted by Crippen LogP contribution is -2.68. The number of esters is 3. The minimum atomic E-state index is -3.07. The standard InChI is InChI=1S/C38H44N2O15/c1-6-9-21(41)53-15-37(51,16-54-22(42)10-7-2)17-55-23(43)12-8-11-19-13-14-20-18(3)24-26(31(45)25(20)30(19)44)34(48)38(52)28(32(24)46)29(40(4)5)33(47)27(35(38)49)36(39)50/h6-8,11,13-14,18,24,28-29,32,44,46-48,51-52H,1-2,9-10,12,15-17H2,3-5H3,(H2,39,50)/b11-8+. The number of nitrogens with two attached hydrogens (primary N) is 1. The number of ether oxygens (including phenoxy) is 3. The van der Waals surface area contributed by atoms with Gasteiger partial charge < -0.3 is 50.6 Å². The molecule has 3 aliphatic rings. The summed E-state index contributed by atoms with van der Waals surface area (Å²) in [6.45, 7) is 6.30. The van der Waals surface area contributed by atoms with Crippen LogP contribution in [0.1, 0.15) is 53.6 Å². The van der Waals surface area contributed by atoms with E-state index in [0.29, 0.717) is 0 Å². The number of rotatable bonds is 15. The summed E-state index contributed by atoms with van der Waals surface area (Å²) in [6, 6.07) is 1.51. The molecule has 0 aliphatic heterocycles. The second kappa shape index (κ2) is 16.4. The largest absolute Gasteiger partial charge is 0.510 e. The number of primary amides is 1. The van der Waals surface area contributed by atoms with Crippen molar-refractivity contribution in [3.05, 3.63) is 82.9 Å². The van der Waals surface area contributed by atoms with Gasteiger partial charge in [-0.25, -0.2) is 0 Å². The SMILES string of the molecule is C=CCC(=O)OCC(O)(COC(=O)CC=C)COC(=O)C/C=C/c1ccc2c(c1O)C(=O)C1=C(O)C3(O)C(=O)C(C(N)=O)=C(O)C(N(C)C)C3C(O)C1C2C. The molecule has 296 valence electrons. The Kier molecular flexibility index (Phi) is 12.6. The lowest BCUT2D eigenvalue weighted by molar-refractivity contribution is -0.174. The zero-order valence-corrected chi connectivity index (χ0v) is 30.4. The van der Waals surface area contributed by atoms with E-state index < -0.39 is 131 Å². The summed E-state index contributed by atoms with van der Waals surface area (Å²) in [5.74, 6) is -12.6. The molecule has 0 saturated heterocycles. The molecule has 1 aromatic rings. The first-order valence-corrected chi connectivity index (χ1v) is 17.0. The Labute approximate surface area is 315 Å². The summed E-state index contributed by atoms with van der Waals surface area (Å²) in [4.78, 5) is 77.5. The fourth-order valence-corrected chi connectivity index (χ4v) is 7.24. The number of likely N-dealkylation sites (N-methyl/N-ethyl adjacent to an activating group) is 1. The topological polar surface area (TPSA) is 281 Å². The van der Waals surface area contributed by atoms with Crippen LogP contribution in [0.3, 0.4) is 0 Å². The molecule has 1 aromatic carbocycles. The van der Waals surface area contributed by atoms with E-state index in [1.54, 1.807) is 6.92 Å². The minimum Gasteiger partial charge on any atom is -0.510 e. The van der Waals surface area contributed by atoms with Crippen molar-refractivity contribution in [2.45, 2.75) is 55.5 Å². The molecule has 0 radical (unpaired) electrons. The smallest absolute Gasteiger partial charge is 0.309 e. The van der Waals surface area contributed by atoms with Crippen molar-refractivity contribution in [2.75, 3.05) is 33.9 Å². The molecule has 8 N–H and O–H groups in total. The molecule has 0 spiro atoms. The Morgan fingerprint density at radius 1 is 0.945 bits per heavy atom. The molecule has 0 fully saturated rings. The average Bonchev–Trinajstić information content (AvgIpc) is 3.11. The lowest BCUT2D eigenvalue weighted by atomic mass is 9.55. The molecule has 55 heavy (non-hydrogen) atoms. The van der Waals surface area contributed by atoms with Crippen molar-refractivity contribution < 1.29 is 73.6 Å². The molecule has 6 atom stereocenters. The van der Waals surface area contributed by atoms with Crippen molar-refractivity contribution in [1.29, 1.82) is 0 Å². The number of aliphatic hydroxyl groups is 5. The number of nitrogens with zero attached hydrogens (tertiary/aromatic N) is 1. The molecule has 3 aliphatic carbocycles. The van der Waals surface area contributed by atoms with Gasteiger partial charge in [0.05, 0.1) is 42.9 Å². The van der Waals surface area contributed by atoms with Gasteiger partial charge in [-0.15, -0.1) is 13.2 Å². The highest BCUT2D eigenvalue weighted by Gasteiger charge is 2.67. The highest BCUT2D eigenvalue weighted by molar-refractivity contribution is 6.25. The van der Waals surface area contributed by atoms with Gasteiger partial charge in [0, 0.05) is 17.1 Å². The van der Waals surface area contributed by atoms with Crippen LogP contribution in [-0.4, -0.2) is 128 Å². The van der Waals surface area contributed by atoms with Crippen LogP contribution < -0.4 is 5.73 Å². The van der Waals surface area contributed by atoms with E-state index in [9.17, 15) is 59.4 Å². The summed E-state index contributed by atoms with van der Waals surface area (Å²) in [5.41, 5.74) is -1.47. The third-order valence-electron chi connectivity index (χ3n) is 9.87. The van der Waals surface area contributed by atoms with Crippen LogP contribution in [0.15, 0.2) is 66.2 Å². The Morgan fingerprint density at radius 2 is 1.47 bits per heavy atom. The number of hydrogen-bond acceptors (Lipinski definition) is 16. The second-order valence-electron chi connectivity index (χ2n) is 13.8. The summed E-state index contributed by atoms with van der Waals surface area (Å²) in [5, 5.41) is 68.3. The van der Waals surface area contributed by atoms with Gasteiger partial charge in [0.1, 0.15) is 42.7 Å². The summed E-state index contributed by atoms with van der Waals surface area (Å²) < 4.78 is 15.1. The number of carbonyl (C=O) groups excluding carboxylic acids is 6. The van der Waals surface area contributed by atoms with Gasteiger partial charge >= 0.3 is 17.9 Å². The molecule has 6 unspecified atom stereocenters. The average molecular weight is 769 g/mol.